The maximum Gasteiger partial charge on any atom is 0.339 e. The number of thiophene rings is 1. The van der Waals surface area contributed by atoms with Gasteiger partial charge in [-0.2, -0.15) is 5.26 Å². The number of esters is 1. The van der Waals surface area contributed by atoms with Crippen LogP contribution in [0.4, 0.5) is 0 Å². The Morgan fingerprint density at radius 1 is 1.29 bits per heavy atom. The van der Waals surface area contributed by atoms with E-state index in [1.54, 1.807) is 36.4 Å². The Kier molecular flexibility index (Phi) is 5.73. The normalized spacial score (nSPS) is 11.6. The molecule has 0 amide bonds. The van der Waals surface area contributed by atoms with Crippen LogP contribution in [0, 0.1) is 11.3 Å². The number of ketones is 1. The van der Waals surface area contributed by atoms with Crippen molar-refractivity contribution in [3.05, 3.63) is 63.6 Å². The van der Waals surface area contributed by atoms with Crippen molar-refractivity contribution in [2.45, 2.75) is 6.92 Å². The Morgan fingerprint density at radius 2 is 2.04 bits per heavy atom. The van der Waals surface area contributed by atoms with E-state index in [1.807, 2.05) is 12.1 Å². The van der Waals surface area contributed by atoms with Crippen LogP contribution >= 0.6 is 22.9 Å². The summed E-state index contributed by atoms with van der Waals surface area (Å²) in [5.74, 6) is -1.35. The van der Waals surface area contributed by atoms with Gasteiger partial charge in [-0.05, 0) is 31.2 Å². The number of benzene rings is 1. The number of halogens is 1. The van der Waals surface area contributed by atoms with Crippen LogP contribution in [0.1, 0.15) is 17.3 Å². The van der Waals surface area contributed by atoms with Gasteiger partial charge in [0.2, 0.25) is 5.78 Å². The van der Waals surface area contributed by atoms with Gasteiger partial charge in [0.15, 0.2) is 6.61 Å². The Bertz CT molecular complexity index is 1160. The number of carbonyl (C=O) groups is 2. The standard InChI is InChI=1S/C20H14ClN3O3S/c1-11(23)14(9-22)17(25)10-27-20(26)13-8-16(18-6-7-19(21)28-18)24-15-5-3-2-4-12(13)15/h2-8H,10,23H2,1H3. The smallest absolute Gasteiger partial charge is 0.339 e. The van der Waals surface area contributed by atoms with E-state index in [9.17, 15) is 9.59 Å². The maximum atomic E-state index is 12.7. The number of hydrogen-bond acceptors (Lipinski definition) is 7. The molecule has 0 spiro atoms. The SMILES string of the molecule is CC(N)=C(C#N)C(=O)COC(=O)c1cc(-c2ccc(Cl)s2)nc2ccccc12. The quantitative estimate of drug-likeness (QED) is 0.385. The molecule has 0 atom stereocenters. The minimum Gasteiger partial charge on any atom is -0.454 e. The molecule has 1 aromatic carbocycles. The summed E-state index contributed by atoms with van der Waals surface area (Å²) in [7, 11) is 0. The van der Waals surface area contributed by atoms with Crippen molar-refractivity contribution in [1.29, 1.82) is 5.26 Å². The first kappa shape index (κ1) is 19.5. The Hall–Kier alpha value is -3.21. The van der Waals surface area contributed by atoms with Crippen LogP contribution in [0.3, 0.4) is 0 Å². The minimum atomic E-state index is -0.692. The van der Waals surface area contributed by atoms with Crippen molar-refractivity contribution in [3.63, 3.8) is 0 Å². The van der Waals surface area contributed by atoms with Gasteiger partial charge in [-0.1, -0.05) is 29.8 Å². The van der Waals surface area contributed by atoms with Crippen LogP contribution in [0.25, 0.3) is 21.5 Å². The first-order valence-electron chi connectivity index (χ1n) is 8.13. The summed E-state index contributed by atoms with van der Waals surface area (Å²) in [6.07, 6.45) is 0. The van der Waals surface area contributed by atoms with E-state index in [4.69, 9.17) is 27.3 Å². The highest BCUT2D eigenvalue weighted by molar-refractivity contribution is 7.19. The van der Waals surface area contributed by atoms with Crippen molar-refractivity contribution >= 4 is 45.6 Å². The second kappa shape index (κ2) is 8.21. The monoisotopic (exact) mass is 411 g/mol. The van der Waals surface area contributed by atoms with Crippen LogP contribution in [0.5, 0.6) is 0 Å². The van der Waals surface area contributed by atoms with Gasteiger partial charge in [-0.3, -0.25) is 4.79 Å². The van der Waals surface area contributed by atoms with E-state index >= 15 is 0 Å². The maximum absolute atomic E-state index is 12.7. The molecule has 28 heavy (non-hydrogen) atoms. The van der Waals surface area contributed by atoms with Crippen LogP contribution < -0.4 is 5.73 Å². The highest BCUT2D eigenvalue weighted by atomic mass is 35.5. The zero-order chi connectivity index (χ0) is 20.3. The number of fused-ring (bicyclic) bond motifs is 1. The molecule has 140 valence electrons. The first-order valence-corrected chi connectivity index (χ1v) is 9.32. The van der Waals surface area contributed by atoms with Crippen LogP contribution in [-0.4, -0.2) is 23.3 Å². The molecule has 0 saturated carbocycles. The highest BCUT2D eigenvalue weighted by Crippen LogP contribution is 2.32. The number of nitrogens with zero attached hydrogens (tertiary/aromatic N) is 2. The summed E-state index contributed by atoms with van der Waals surface area (Å²) in [5, 5.41) is 9.58. The molecule has 0 aliphatic heterocycles. The molecular formula is C20H14ClN3O3S. The molecule has 8 heteroatoms. The van der Waals surface area contributed by atoms with E-state index < -0.39 is 18.4 Å². The lowest BCUT2D eigenvalue weighted by Gasteiger charge is -2.09. The summed E-state index contributed by atoms with van der Waals surface area (Å²) in [6.45, 7) is 0.861. The number of nitrogens with two attached hydrogens (primary N) is 1. The number of pyridine rings is 1. The zero-order valence-electron chi connectivity index (χ0n) is 14.7. The molecule has 0 aliphatic carbocycles. The van der Waals surface area contributed by atoms with Crippen LogP contribution in [0.2, 0.25) is 4.34 Å². The molecule has 0 saturated heterocycles. The average Bonchev–Trinajstić information content (AvgIpc) is 3.12. The van der Waals surface area contributed by atoms with Gasteiger partial charge in [0.25, 0.3) is 0 Å². The van der Waals surface area contributed by atoms with Crippen molar-refractivity contribution in [2.75, 3.05) is 6.61 Å². The number of allylic oxidation sites excluding steroid dienone is 1. The number of nitriles is 1. The fourth-order valence-electron chi connectivity index (χ4n) is 2.57. The van der Waals surface area contributed by atoms with Crippen molar-refractivity contribution in [3.8, 4) is 16.6 Å². The van der Waals surface area contributed by atoms with E-state index in [-0.39, 0.29) is 16.8 Å². The molecule has 2 aromatic heterocycles. The Labute approximate surface area is 169 Å². The molecule has 0 radical (unpaired) electrons. The zero-order valence-corrected chi connectivity index (χ0v) is 16.3. The number of Topliss-reactive ketones (excluding diaryl/α,β-unsaturated/α-hetero) is 1. The molecular weight excluding hydrogens is 398 g/mol. The second-order valence-corrected chi connectivity index (χ2v) is 7.56. The molecule has 3 aromatic rings. The lowest BCUT2D eigenvalue weighted by Crippen LogP contribution is -2.18. The Balaban J connectivity index is 1.95. The van der Waals surface area contributed by atoms with Crippen molar-refractivity contribution < 1.29 is 14.3 Å². The molecule has 0 fully saturated rings. The van der Waals surface area contributed by atoms with Crippen LogP contribution in [0.15, 0.2) is 53.7 Å². The largest absolute Gasteiger partial charge is 0.454 e. The van der Waals surface area contributed by atoms with Gasteiger partial charge in [-0.25, -0.2) is 9.78 Å². The van der Waals surface area contributed by atoms with Crippen molar-refractivity contribution in [2.24, 2.45) is 5.73 Å². The first-order chi connectivity index (χ1) is 13.4. The third kappa shape index (κ3) is 4.03. The number of ether oxygens (including phenoxy) is 1. The fraction of sp³-hybridized carbons (Fsp3) is 0.100. The van der Waals surface area contributed by atoms with Gasteiger partial charge >= 0.3 is 5.97 Å². The summed E-state index contributed by atoms with van der Waals surface area (Å²) in [6, 6.07) is 14.0. The lowest BCUT2D eigenvalue weighted by molar-refractivity contribution is -0.118. The molecule has 2 heterocycles. The molecule has 0 bridgehead atoms. The molecule has 3 rings (SSSR count). The van der Waals surface area contributed by atoms with Gasteiger partial charge in [-0.15, -0.1) is 11.3 Å². The van der Waals surface area contributed by atoms with E-state index in [2.05, 4.69) is 4.98 Å². The fourth-order valence-corrected chi connectivity index (χ4v) is 3.58. The van der Waals surface area contributed by atoms with Gasteiger partial charge in [0, 0.05) is 11.1 Å². The van der Waals surface area contributed by atoms with Crippen LogP contribution in [-0.2, 0) is 9.53 Å². The van der Waals surface area contributed by atoms with Crippen molar-refractivity contribution in [1.82, 2.24) is 4.98 Å². The second-order valence-electron chi connectivity index (χ2n) is 5.85. The summed E-state index contributed by atoms with van der Waals surface area (Å²) < 4.78 is 5.75. The average molecular weight is 412 g/mol. The Morgan fingerprint density at radius 3 is 2.68 bits per heavy atom. The van der Waals surface area contributed by atoms with E-state index in [0.717, 1.165) is 4.88 Å². The molecule has 2 N–H and O–H groups in total. The predicted octanol–water partition coefficient (Wildman–Crippen LogP) is 4.10. The third-order valence-corrected chi connectivity index (χ3v) is 5.13. The van der Waals surface area contributed by atoms with Gasteiger partial charge < -0.3 is 10.5 Å². The topological polar surface area (TPSA) is 106 Å². The van der Waals surface area contributed by atoms with Gasteiger partial charge in [0.1, 0.15) is 11.6 Å². The molecule has 0 aliphatic rings. The minimum absolute atomic E-state index is 0.0785. The lowest BCUT2D eigenvalue weighted by atomic mass is 10.1. The van der Waals surface area contributed by atoms with E-state index in [1.165, 1.54) is 18.3 Å². The summed E-state index contributed by atoms with van der Waals surface area (Å²) in [5.41, 5.74) is 6.81. The number of hydrogen-bond donors (Lipinski definition) is 1. The van der Waals surface area contributed by atoms with E-state index in [0.29, 0.717) is 20.9 Å². The number of para-hydroxylation sites is 1. The number of carbonyl (C=O) groups excluding carboxylic acids is 2. The molecule has 6 nitrogen and oxygen atoms in total. The number of rotatable bonds is 5. The highest BCUT2D eigenvalue weighted by Gasteiger charge is 2.19. The summed E-state index contributed by atoms with van der Waals surface area (Å²) in [4.78, 5) is 30.1. The molecule has 0 unspecified atom stereocenters. The summed E-state index contributed by atoms with van der Waals surface area (Å²) >= 11 is 7.34. The number of aromatic nitrogens is 1. The third-order valence-electron chi connectivity index (χ3n) is 3.88. The van der Waals surface area contributed by atoms with Gasteiger partial charge in [0.05, 0.1) is 26.0 Å². The predicted molar refractivity (Wildman–Crippen MR) is 108 cm³/mol.